The molecule has 0 aliphatic carbocycles. The zero-order valence-corrected chi connectivity index (χ0v) is 21.8. The molecular weight excluding hydrogens is 474 g/mol. The van der Waals surface area contributed by atoms with E-state index in [0.29, 0.717) is 41.7 Å². The molecule has 1 fully saturated rings. The van der Waals surface area contributed by atoms with Crippen molar-refractivity contribution in [2.75, 3.05) is 32.2 Å². The molecule has 3 rings (SSSR count). The molecule has 2 unspecified atom stereocenters. The monoisotopic (exact) mass is 509 g/mol. The van der Waals surface area contributed by atoms with Gasteiger partial charge in [0.2, 0.25) is 5.78 Å². The van der Waals surface area contributed by atoms with Crippen LogP contribution < -0.4 is 16.4 Å². The molecule has 2 atom stereocenters. The summed E-state index contributed by atoms with van der Waals surface area (Å²) in [6, 6.07) is 5.10. The topological polar surface area (TPSA) is 146 Å². The Labute approximate surface area is 216 Å². The van der Waals surface area contributed by atoms with E-state index < -0.39 is 11.9 Å². The van der Waals surface area contributed by atoms with Crippen LogP contribution in [0.2, 0.25) is 0 Å². The smallest absolute Gasteiger partial charge is 0.414 e. The van der Waals surface area contributed by atoms with Crippen LogP contribution in [-0.2, 0) is 9.47 Å². The lowest BCUT2D eigenvalue weighted by Crippen LogP contribution is -2.46. The molecule has 2 heterocycles. The number of carbonyl (C=O) groups excluding carboxylic acids is 2. The van der Waals surface area contributed by atoms with Gasteiger partial charge in [0.1, 0.15) is 11.3 Å². The maximum Gasteiger partial charge on any atom is 0.414 e. The van der Waals surface area contributed by atoms with Crippen LogP contribution in [0.3, 0.4) is 0 Å². The average molecular weight is 510 g/mol. The number of fused-ring (bicyclic) bond motifs is 1. The highest BCUT2D eigenvalue weighted by molar-refractivity contribution is 6.25. The fourth-order valence-electron chi connectivity index (χ4n) is 4.45. The third-order valence-corrected chi connectivity index (χ3v) is 6.22. The van der Waals surface area contributed by atoms with Gasteiger partial charge in [-0.1, -0.05) is 13.0 Å². The van der Waals surface area contributed by atoms with Crippen LogP contribution in [0.4, 0.5) is 10.5 Å². The number of benzene rings is 1. The molecule has 0 spiro atoms. The van der Waals surface area contributed by atoms with Gasteiger partial charge >= 0.3 is 6.09 Å². The zero-order valence-electron chi connectivity index (χ0n) is 21.8. The number of allylic oxidation sites excluding steroid dienone is 2. The van der Waals surface area contributed by atoms with E-state index in [4.69, 9.17) is 25.4 Å². The number of carbonyl (C=O) groups is 2. The summed E-state index contributed by atoms with van der Waals surface area (Å²) in [6.45, 7) is 4.42. The third kappa shape index (κ3) is 5.91. The number of amides is 1. The van der Waals surface area contributed by atoms with Crippen molar-refractivity contribution in [1.82, 2.24) is 0 Å². The lowest BCUT2D eigenvalue weighted by atomic mass is 9.97. The van der Waals surface area contributed by atoms with Gasteiger partial charge in [0.05, 0.1) is 18.3 Å². The largest absolute Gasteiger partial charge is 0.450 e. The van der Waals surface area contributed by atoms with Crippen LogP contribution in [0.15, 0.2) is 50.6 Å². The fraction of sp³-hybridized carbons (Fsp3) is 0.407. The van der Waals surface area contributed by atoms with Crippen LogP contribution in [0.25, 0.3) is 16.5 Å². The second-order valence-electron chi connectivity index (χ2n) is 8.49. The molecule has 0 bridgehead atoms. The van der Waals surface area contributed by atoms with E-state index in [9.17, 15) is 9.59 Å². The van der Waals surface area contributed by atoms with Gasteiger partial charge in [-0.25, -0.2) is 4.79 Å². The van der Waals surface area contributed by atoms with Crippen LogP contribution in [-0.4, -0.2) is 63.8 Å². The van der Waals surface area contributed by atoms with Crippen molar-refractivity contribution < 1.29 is 23.5 Å². The molecule has 2 aromatic rings. The summed E-state index contributed by atoms with van der Waals surface area (Å²) in [5.74, 6) is -0.530. The second kappa shape index (κ2) is 12.9. The molecule has 1 amide bonds. The van der Waals surface area contributed by atoms with Gasteiger partial charge in [-0.15, -0.1) is 0 Å². The van der Waals surface area contributed by atoms with Gasteiger partial charge in [0, 0.05) is 62.5 Å². The summed E-state index contributed by atoms with van der Waals surface area (Å²) in [5.41, 5.74) is 13.9. The third-order valence-electron chi connectivity index (χ3n) is 6.22. The minimum absolute atomic E-state index is 0.0252. The Bertz CT molecular complexity index is 1240. The maximum absolute atomic E-state index is 13.6. The summed E-state index contributed by atoms with van der Waals surface area (Å²) >= 11 is 0. The van der Waals surface area contributed by atoms with E-state index in [0.717, 1.165) is 12.0 Å². The number of hydrogen-bond donors (Lipinski definition) is 2. The van der Waals surface area contributed by atoms with Crippen LogP contribution in [0.5, 0.6) is 0 Å². The van der Waals surface area contributed by atoms with Crippen molar-refractivity contribution in [3.63, 3.8) is 0 Å². The van der Waals surface area contributed by atoms with E-state index in [1.165, 1.54) is 30.6 Å². The zero-order chi connectivity index (χ0) is 26.9. The van der Waals surface area contributed by atoms with Crippen molar-refractivity contribution >= 4 is 46.5 Å². The number of ether oxygens (including phenoxy) is 2. The molecule has 37 heavy (non-hydrogen) atoms. The number of rotatable bonds is 9. The second-order valence-corrected chi connectivity index (χ2v) is 8.49. The molecule has 1 saturated heterocycles. The predicted octanol–water partition coefficient (Wildman–Crippen LogP) is 4.08. The molecule has 1 aliphatic heterocycles. The van der Waals surface area contributed by atoms with E-state index in [2.05, 4.69) is 9.98 Å². The summed E-state index contributed by atoms with van der Waals surface area (Å²) in [6.07, 6.45) is 6.96. The standard InChI is InChI=1S/C27H35N5O5/c1-5-21-12-20(9-10-36-21)32(27(34)35-6-2)24-22-11-17(18(13-28)15-30-3)7-8-23(22)37-26(24)25(33)19(14-29)16-31-4/h7-8,11,13-16,20-21H,5-6,9-10,12,28-29H2,1-4H3/b18-13+,19-14+,30-15?,31-16?. The number of aliphatic imine (C=N–C) groups is 2. The summed E-state index contributed by atoms with van der Waals surface area (Å²) in [7, 11) is 3.19. The summed E-state index contributed by atoms with van der Waals surface area (Å²) in [5, 5.41) is 0.558. The Morgan fingerprint density at radius 3 is 2.54 bits per heavy atom. The fourth-order valence-corrected chi connectivity index (χ4v) is 4.45. The van der Waals surface area contributed by atoms with Crippen molar-refractivity contribution in [1.29, 1.82) is 0 Å². The van der Waals surface area contributed by atoms with Crippen LogP contribution in [0, 0.1) is 0 Å². The number of anilines is 1. The Morgan fingerprint density at radius 1 is 1.16 bits per heavy atom. The van der Waals surface area contributed by atoms with Crippen LogP contribution in [0.1, 0.15) is 49.2 Å². The van der Waals surface area contributed by atoms with Gasteiger partial charge in [-0.05, 0) is 43.9 Å². The molecule has 0 radical (unpaired) electrons. The maximum atomic E-state index is 13.6. The first kappa shape index (κ1) is 27.7. The van der Waals surface area contributed by atoms with E-state index >= 15 is 0 Å². The van der Waals surface area contributed by atoms with Gasteiger partial charge in [0.25, 0.3) is 0 Å². The van der Waals surface area contributed by atoms with Crippen molar-refractivity contribution in [2.24, 2.45) is 21.5 Å². The van der Waals surface area contributed by atoms with E-state index in [1.54, 1.807) is 26.3 Å². The SMILES string of the molecule is CCOC(=O)N(c1c(C(=O)/C(C=NC)=C/N)oc2ccc(/C(C=NC)=C/N)cc12)C1CCOC(CC)C1. The lowest BCUT2D eigenvalue weighted by molar-refractivity contribution is 0.00468. The number of nitrogens with two attached hydrogens (primary N) is 2. The van der Waals surface area contributed by atoms with Gasteiger partial charge in [-0.3, -0.25) is 19.7 Å². The Hall–Kier alpha value is -3.92. The number of Topliss-reactive ketones (excluding diaryl/α,β-unsaturated/α-hetero) is 1. The Kier molecular flexibility index (Phi) is 9.62. The Balaban J connectivity index is 2.33. The quantitative estimate of drug-likeness (QED) is 0.294. The van der Waals surface area contributed by atoms with E-state index in [-0.39, 0.29) is 30.1 Å². The number of ketones is 1. The number of hydrogen-bond acceptors (Lipinski definition) is 9. The molecular formula is C27H35N5O5. The van der Waals surface area contributed by atoms with Gasteiger partial charge in [-0.2, -0.15) is 0 Å². The molecule has 0 saturated carbocycles. The highest BCUT2D eigenvalue weighted by atomic mass is 16.6. The normalized spacial score (nSPS) is 19.1. The first-order chi connectivity index (χ1) is 17.9. The Morgan fingerprint density at radius 2 is 1.92 bits per heavy atom. The summed E-state index contributed by atoms with van der Waals surface area (Å²) < 4.78 is 17.4. The minimum atomic E-state index is -0.571. The molecule has 1 aliphatic rings. The minimum Gasteiger partial charge on any atom is -0.450 e. The van der Waals surface area contributed by atoms with Gasteiger partial charge < -0.3 is 25.4 Å². The average Bonchev–Trinajstić information content (AvgIpc) is 3.28. The van der Waals surface area contributed by atoms with Crippen molar-refractivity contribution in [2.45, 2.75) is 45.3 Å². The predicted molar refractivity (Wildman–Crippen MR) is 146 cm³/mol. The highest BCUT2D eigenvalue weighted by Gasteiger charge is 2.37. The molecule has 10 heteroatoms. The first-order valence-corrected chi connectivity index (χ1v) is 12.3. The summed E-state index contributed by atoms with van der Waals surface area (Å²) in [4.78, 5) is 36.7. The molecule has 10 nitrogen and oxygen atoms in total. The van der Waals surface area contributed by atoms with Gasteiger partial charge in [0.15, 0.2) is 5.76 Å². The lowest BCUT2D eigenvalue weighted by Gasteiger charge is -2.36. The highest BCUT2D eigenvalue weighted by Crippen LogP contribution is 2.40. The molecule has 1 aromatic heterocycles. The first-order valence-electron chi connectivity index (χ1n) is 12.3. The number of furan rings is 1. The number of nitrogens with zero attached hydrogens (tertiary/aromatic N) is 3. The molecule has 1 aromatic carbocycles. The molecule has 198 valence electrons. The van der Waals surface area contributed by atoms with Crippen molar-refractivity contribution in [3.05, 3.63) is 47.5 Å². The van der Waals surface area contributed by atoms with E-state index in [1.807, 2.05) is 19.1 Å². The van der Waals surface area contributed by atoms with Crippen LogP contribution >= 0.6 is 0 Å². The van der Waals surface area contributed by atoms with Crippen molar-refractivity contribution in [3.8, 4) is 0 Å². The molecule has 4 N–H and O–H groups in total.